The van der Waals surface area contributed by atoms with Crippen LogP contribution in [0.3, 0.4) is 0 Å². The first kappa shape index (κ1) is 20.4. The number of anilines is 1. The molecule has 1 aliphatic rings. The fourth-order valence-corrected chi connectivity index (χ4v) is 4.10. The lowest BCUT2D eigenvalue weighted by Gasteiger charge is -2.11. The summed E-state index contributed by atoms with van der Waals surface area (Å²) in [4.78, 5) is 24.6. The van der Waals surface area contributed by atoms with Gasteiger partial charge >= 0.3 is 5.69 Å². The van der Waals surface area contributed by atoms with Crippen molar-refractivity contribution in [2.75, 3.05) is 17.7 Å². The Labute approximate surface area is 177 Å². The molecule has 3 heterocycles. The lowest BCUT2D eigenvalue weighted by Crippen LogP contribution is -2.25. The summed E-state index contributed by atoms with van der Waals surface area (Å²) in [5.41, 5.74) is 2.53. The number of rotatable bonds is 7. The van der Waals surface area contributed by atoms with Gasteiger partial charge in [0.05, 0.1) is 29.8 Å². The highest BCUT2D eigenvalue weighted by atomic mass is 32.2. The minimum atomic E-state index is -0.290. The van der Waals surface area contributed by atoms with E-state index in [1.807, 2.05) is 44.2 Å². The van der Waals surface area contributed by atoms with Crippen LogP contribution >= 0.6 is 11.8 Å². The summed E-state index contributed by atoms with van der Waals surface area (Å²) in [6.45, 7) is 5.06. The average molecular weight is 429 g/mol. The Kier molecular flexibility index (Phi) is 6.05. The second kappa shape index (κ2) is 8.88. The first-order chi connectivity index (χ1) is 14.5. The Morgan fingerprint density at radius 2 is 2.13 bits per heavy atom. The van der Waals surface area contributed by atoms with Crippen molar-refractivity contribution in [3.05, 3.63) is 52.1 Å². The van der Waals surface area contributed by atoms with Gasteiger partial charge < -0.3 is 10.1 Å². The molecule has 1 aliphatic heterocycles. The fourth-order valence-electron chi connectivity index (χ4n) is 3.35. The third-order valence-electron chi connectivity index (χ3n) is 4.84. The molecule has 10 heteroatoms. The summed E-state index contributed by atoms with van der Waals surface area (Å²) in [5.74, 6) is 0.515. The van der Waals surface area contributed by atoms with Crippen LogP contribution < -0.4 is 11.0 Å². The lowest BCUT2D eigenvalue weighted by molar-refractivity contribution is -0.113. The maximum absolute atomic E-state index is 12.6. The lowest BCUT2D eigenvalue weighted by atomic mass is 10.2. The van der Waals surface area contributed by atoms with Gasteiger partial charge in [-0.3, -0.25) is 9.36 Å². The number of hydrogen-bond donors (Lipinski definition) is 2. The van der Waals surface area contributed by atoms with Gasteiger partial charge in [0.1, 0.15) is 5.82 Å². The number of aryl methyl sites for hydroxylation is 2. The Morgan fingerprint density at radius 3 is 2.87 bits per heavy atom. The van der Waals surface area contributed by atoms with Crippen LogP contribution in [0.4, 0.5) is 5.82 Å². The summed E-state index contributed by atoms with van der Waals surface area (Å²) in [5, 5.41) is 14.4. The molecule has 0 radical (unpaired) electrons. The number of ether oxygens (including phenoxy) is 1. The molecule has 2 aromatic heterocycles. The van der Waals surface area contributed by atoms with Gasteiger partial charge in [-0.1, -0.05) is 29.5 Å². The Balaban J connectivity index is 1.42. The Bertz CT molecular complexity index is 1080. The standard InChI is InChI=1S/C20H24N6O3S/c1-13-5-7-15(8-6-13)26-17(10-14(2)24-26)21-18(27)12-30-20-23-22-19(28)25(20)11-16-4-3-9-29-16/h5-8,10,16H,3-4,9,11-12H2,1-2H3,(H,21,27)(H,22,28). The van der Waals surface area contributed by atoms with Crippen molar-refractivity contribution in [2.45, 2.75) is 44.5 Å². The Hall–Kier alpha value is -2.85. The summed E-state index contributed by atoms with van der Waals surface area (Å²) < 4.78 is 8.85. The SMILES string of the molecule is Cc1ccc(-n2nc(C)cc2NC(=O)CSc2n[nH]c(=O)n2CC2CCCO2)cc1. The molecule has 30 heavy (non-hydrogen) atoms. The van der Waals surface area contributed by atoms with Crippen LogP contribution in [0.5, 0.6) is 0 Å². The number of nitrogens with zero attached hydrogens (tertiary/aromatic N) is 4. The number of benzene rings is 1. The van der Waals surface area contributed by atoms with E-state index in [4.69, 9.17) is 4.74 Å². The normalized spacial score (nSPS) is 16.1. The van der Waals surface area contributed by atoms with Crippen molar-refractivity contribution >= 4 is 23.5 Å². The number of amides is 1. The minimum absolute atomic E-state index is 0.0142. The summed E-state index contributed by atoms with van der Waals surface area (Å²) in [6, 6.07) is 9.74. The highest BCUT2D eigenvalue weighted by Crippen LogP contribution is 2.20. The molecule has 1 amide bonds. The van der Waals surface area contributed by atoms with Crippen molar-refractivity contribution in [2.24, 2.45) is 0 Å². The van der Waals surface area contributed by atoms with Crippen LogP contribution in [0.15, 0.2) is 40.3 Å². The highest BCUT2D eigenvalue weighted by Gasteiger charge is 2.20. The molecule has 1 unspecified atom stereocenters. The number of aromatic amines is 1. The molecule has 1 saturated heterocycles. The molecule has 1 atom stereocenters. The number of carbonyl (C=O) groups is 1. The van der Waals surface area contributed by atoms with Gasteiger partial charge in [0, 0.05) is 12.7 Å². The van der Waals surface area contributed by atoms with Crippen molar-refractivity contribution in [1.82, 2.24) is 24.5 Å². The zero-order chi connectivity index (χ0) is 21.1. The summed E-state index contributed by atoms with van der Waals surface area (Å²) in [6.07, 6.45) is 1.93. The molecule has 2 N–H and O–H groups in total. The second-order valence-corrected chi connectivity index (χ2v) is 8.25. The molecular formula is C20H24N6O3S. The fraction of sp³-hybridized carbons (Fsp3) is 0.400. The molecule has 1 aromatic carbocycles. The first-order valence-corrected chi connectivity index (χ1v) is 10.8. The van der Waals surface area contributed by atoms with Crippen molar-refractivity contribution < 1.29 is 9.53 Å². The largest absolute Gasteiger partial charge is 0.376 e. The quantitative estimate of drug-likeness (QED) is 0.559. The van der Waals surface area contributed by atoms with Crippen LogP contribution in [0.2, 0.25) is 0 Å². The van der Waals surface area contributed by atoms with E-state index in [0.29, 0.717) is 17.5 Å². The predicted molar refractivity (Wildman–Crippen MR) is 114 cm³/mol. The smallest absolute Gasteiger partial charge is 0.344 e. The van der Waals surface area contributed by atoms with Gasteiger partial charge in [-0.25, -0.2) is 14.6 Å². The van der Waals surface area contributed by atoms with E-state index in [9.17, 15) is 9.59 Å². The summed E-state index contributed by atoms with van der Waals surface area (Å²) >= 11 is 1.21. The molecule has 3 aromatic rings. The number of hydrogen-bond acceptors (Lipinski definition) is 6. The predicted octanol–water partition coefficient (Wildman–Crippen LogP) is 2.28. The van der Waals surface area contributed by atoms with Crippen molar-refractivity contribution in [3.63, 3.8) is 0 Å². The van der Waals surface area contributed by atoms with E-state index >= 15 is 0 Å². The summed E-state index contributed by atoms with van der Waals surface area (Å²) in [7, 11) is 0. The average Bonchev–Trinajstić information content (AvgIpc) is 3.44. The molecular weight excluding hydrogens is 404 g/mol. The van der Waals surface area contributed by atoms with Crippen LogP contribution in [0, 0.1) is 13.8 Å². The van der Waals surface area contributed by atoms with Gasteiger partial charge in [-0.15, -0.1) is 5.10 Å². The zero-order valence-electron chi connectivity index (χ0n) is 16.9. The maximum Gasteiger partial charge on any atom is 0.344 e. The van der Waals surface area contributed by atoms with Gasteiger partial charge in [0.25, 0.3) is 0 Å². The molecule has 158 valence electrons. The zero-order valence-corrected chi connectivity index (χ0v) is 17.7. The van der Waals surface area contributed by atoms with E-state index in [2.05, 4.69) is 20.6 Å². The molecule has 0 aliphatic carbocycles. The van der Waals surface area contributed by atoms with Crippen molar-refractivity contribution in [3.8, 4) is 5.69 Å². The monoisotopic (exact) mass is 428 g/mol. The van der Waals surface area contributed by atoms with Crippen LogP contribution in [-0.4, -0.2) is 48.9 Å². The molecule has 4 rings (SSSR count). The Morgan fingerprint density at radius 1 is 1.33 bits per heavy atom. The molecule has 1 fully saturated rings. The second-order valence-electron chi connectivity index (χ2n) is 7.31. The molecule has 0 saturated carbocycles. The third-order valence-corrected chi connectivity index (χ3v) is 5.82. The van der Waals surface area contributed by atoms with Crippen LogP contribution in [0.1, 0.15) is 24.1 Å². The van der Waals surface area contributed by atoms with E-state index in [-0.39, 0.29) is 23.5 Å². The number of nitrogens with one attached hydrogen (secondary N) is 2. The first-order valence-electron chi connectivity index (χ1n) is 9.83. The van der Waals surface area contributed by atoms with E-state index in [0.717, 1.165) is 36.4 Å². The number of carbonyl (C=O) groups excluding carboxylic acids is 1. The van der Waals surface area contributed by atoms with E-state index in [1.165, 1.54) is 16.3 Å². The van der Waals surface area contributed by atoms with Gasteiger partial charge in [0.15, 0.2) is 5.16 Å². The van der Waals surface area contributed by atoms with Crippen LogP contribution in [0.25, 0.3) is 5.69 Å². The highest BCUT2D eigenvalue weighted by molar-refractivity contribution is 7.99. The molecule has 9 nitrogen and oxygen atoms in total. The van der Waals surface area contributed by atoms with Crippen LogP contribution in [-0.2, 0) is 16.1 Å². The maximum atomic E-state index is 12.6. The van der Waals surface area contributed by atoms with E-state index < -0.39 is 0 Å². The molecule has 0 spiro atoms. The number of aromatic nitrogens is 5. The number of thioether (sulfide) groups is 1. The van der Waals surface area contributed by atoms with Crippen molar-refractivity contribution in [1.29, 1.82) is 0 Å². The molecule has 0 bridgehead atoms. The van der Waals surface area contributed by atoms with Gasteiger partial charge in [-0.2, -0.15) is 5.10 Å². The van der Waals surface area contributed by atoms with Gasteiger partial charge in [0.2, 0.25) is 5.91 Å². The van der Waals surface area contributed by atoms with Gasteiger partial charge in [-0.05, 0) is 38.8 Å². The minimum Gasteiger partial charge on any atom is -0.376 e. The third kappa shape index (κ3) is 4.65. The topological polar surface area (TPSA) is 107 Å². The van der Waals surface area contributed by atoms with E-state index in [1.54, 1.807) is 4.68 Å². The number of H-pyrrole nitrogens is 1.